The van der Waals surface area contributed by atoms with E-state index in [0.29, 0.717) is 12.8 Å². The highest BCUT2D eigenvalue weighted by Crippen LogP contribution is 2.64. The Morgan fingerprint density at radius 2 is 1.58 bits per heavy atom. The predicted octanol–water partition coefficient (Wildman–Crippen LogP) is 5.64. The number of alkyl halides is 6. The first-order valence-electron chi connectivity index (χ1n) is 7.82. The lowest BCUT2D eigenvalue weighted by Crippen LogP contribution is -2.64. The van der Waals surface area contributed by atoms with E-state index >= 15 is 0 Å². The van der Waals surface area contributed by atoms with Crippen LogP contribution in [0.15, 0.2) is 24.3 Å². The van der Waals surface area contributed by atoms with Crippen LogP contribution in [0.4, 0.5) is 26.3 Å². The molecule has 1 atom stereocenters. The number of hydrogen-bond donors (Lipinski definition) is 0. The number of ether oxygens (including phenoxy) is 1. The number of benzene rings is 1. The summed E-state index contributed by atoms with van der Waals surface area (Å²) >= 11 is 0. The minimum Gasteiger partial charge on any atom is -0.493 e. The van der Waals surface area contributed by atoms with Crippen molar-refractivity contribution >= 4 is 0 Å². The molecule has 0 heterocycles. The zero-order valence-corrected chi connectivity index (χ0v) is 13.1. The average Bonchev–Trinajstić information content (AvgIpc) is 2.52. The van der Waals surface area contributed by atoms with Crippen molar-refractivity contribution in [3.05, 3.63) is 29.8 Å². The van der Waals surface area contributed by atoms with Crippen molar-refractivity contribution in [2.45, 2.75) is 50.9 Å². The smallest absolute Gasteiger partial charge is 0.416 e. The number of hydrogen-bond acceptors (Lipinski definition) is 1. The van der Waals surface area contributed by atoms with Gasteiger partial charge in [-0.15, -0.1) is 0 Å². The molecule has 4 rings (SSSR count). The third kappa shape index (κ3) is 2.56. The topological polar surface area (TPSA) is 9.23 Å². The summed E-state index contributed by atoms with van der Waals surface area (Å²) in [5, 5.41) is 0. The third-order valence-corrected chi connectivity index (χ3v) is 5.72. The fraction of sp³-hybridized carbons (Fsp3) is 0.647. The molecule has 0 radical (unpaired) electrons. The molecule has 0 aromatic heterocycles. The Kier molecular flexibility index (Phi) is 3.85. The number of halogens is 6. The van der Waals surface area contributed by atoms with Gasteiger partial charge >= 0.3 is 6.18 Å². The van der Waals surface area contributed by atoms with Gasteiger partial charge in [-0.3, -0.25) is 0 Å². The summed E-state index contributed by atoms with van der Waals surface area (Å²) in [6.45, 7) is 1.16. The maximum absolute atomic E-state index is 14.5. The normalized spacial score (nSPS) is 35.0. The molecule has 24 heavy (non-hydrogen) atoms. The molecule has 7 heteroatoms. The Labute approximate surface area is 136 Å². The molecule has 2 bridgehead atoms. The van der Waals surface area contributed by atoms with Gasteiger partial charge in [0.05, 0.1) is 12.2 Å². The first-order valence-corrected chi connectivity index (χ1v) is 7.82. The Balaban J connectivity index is 1.72. The second-order valence-electron chi connectivity index (χ2n) is 7.22. The quantitative estimate of drug-likeness (QED) is 0.640. The molecule has 0 N–H and O–H groups in total. The molecule has 1 nitrogen and oxygen atoms in total. The summed E-state index contributed by atoms with van der Waals surface area (Å²) < 4.78 is 86.0. The Morgan fingerprint density at radius 1 is 1.04 bits per heavy atom. The van der Waals surface area contributed by atoms with E-state index in [1.165, 1.54) is 6.92 Å². The van der Waals surface area contributed by atoms with Crippen molar-refractivity contribution in [1.29, 1.82) is 0 Å². The van der Waals surface area contributed by atoms with E-state index in [0.717, 1.165) is 24.3 Å². The molecule has 0 amide bonds. The summed E-state index contributed by atoms with van der Waals surface area (Å²) in [6, 6.07) is 3.96. The molecule has 134 valence electrons. The van der Waals surface area contributed by atoms with E-state index in [4.69, 9.17) is 4.74 Å². The molecule has 0 aliphatic heterocycles. The van der Waals surface area contributed by atoms with Crippen molar-refractivity contribution in [3.8, 4) is 5.75 Å². The van der Waals surface area contributed by atoms with Crippen LogP contribution in [0.25, 0.3) is 0 Å². The third-order valence-electron chi connectivity index (χ3n) is 5.72. The van der Waals surface area contributed by atoms with Gasteiger partial charge in [0, 0.05) is 10.8 Å². The minimum atomic E-state index is -4.46. The summed E-state index contributed by atoms with van der Waals surface area (Å²) in [6.07, 6.45) is -5.73. The maximum Gasteiger partial charge on any atom is 0.416 e. The molecule has 1 unspecified atom stereocenters. The lowest BCUT2D eigenvalue weighted by molar-refractivity contribution is -0.267. The molecule has 3 aliphatic rings. The molecule has 3 aliphatic carbocycles. The van der Waals surface area contributed by atoms with Gasteiger partial charge in [-0.05, 0) is 49.9 Å². The van der Waals surface area contributed by atoms with Crippen LogP contribution >= 0.6 is 0 Å². The fourth-order valence-electron chi connectivity index (χ4n) is 3.76. The van der Waals surface area contributed by atoms with Crippen molar-refractivity contribution in [2.24, 2.45) is 10.8 Å². The molecular weight excluding hydrogens is 334 g/mol. The summed E-state index contributed by atoms with van der Waals surface area (Å²) in [5.41, 5.74) is -3.42. The van der Waals surface area contributed by atoms with Crippen LogP contribution in [0, 0.1) is 10.8 Å². The van der Waals surface area contributed by atoms with Gasteiger partial charge in [0.2, 0.25) is 0 Å². The lowest BCUT2D eigenvalue weighted by atomic mass is 9.52. The van der Waals surface area contributed by atoms with Crippen LogP contribution in [0.2, 0.25) is 0 Å². The SMILES string of the molecule is CC12CCC(COc3ccc(C(F)(F)F)cc3)(CC1)C(F)C2(F)F. The second kappa shape index (κ2) is 5.30. The van der Waals surface area contributed by atoms with Gasteiger partial charge in [0.1, 0.15) is 5.75 Å². The first-order chi connectivity index (χ1) is 11.0. The van der Waals surface area contributed by atoms with Gasteiger partial charge < -0.3 is 4.74 Å². The van der Waals surface area contributed by atoms with Crippen molar-refractivity contribution in [2.75, 3.05) is 6.61 Å². The largest absolute Gasteiger partial charge is 0.493 e. The average molecular weight is 352 g/mol. The monoisotopic (exact) mass is 352 g/mol. The van der Waals surface area contributed by atoms with E-state index in [2.05, 4.69) is 0 Å². The maximum atomic E-state index is 14.5. The van der Waals surface area contributed by atoms with Crippen molar-refractivity contribution in [1.82, 2.24) is 0 Å². The molecule has 0 saturated heterocycles. The number of rotatable bonds is 3. The van der Waals surface area contributed by atoms with Crippen LogP contribution in [0.3, 0.4) is 0 Å². The van der Waals surface area contributed by atoms with Crippen LogP contribution < -0.4 is 4.74 Å². The second-order valence-corrected chi connectivity index (χ2v) is 7.22. The van der Waals surface area contributed by atoms with Crippen LogP contribution in [-0.2, 0) is 6.18 Å². The lowest BCUT2D eigenvalue weighted by Gasteiger charge is -2.57. The summed E-state index contributed by atoms with van der Waals surface area (Å²) in [7, 11) is 0. The van der Waals surface area contributed by atoms with Crippen LogP contribution in [0.5, 0.6) is 5.75 Å². The minimum absolute atomic E-state index is 0.117. The van der Waals surface area contributed by atoms with Gasteiger partial charge in [-0.2, -0.15) is 13.2 Å². The molecular formula is C17H18F6O. The first kappa shape index (κ1) is 17.4. The zero-order valence-electron chi connectivity index (χ0n) is 13.1. The van der Waals surface area contributed by atoms with E-state index < -0.39 is 34.7 Å². The predicted molar refractivity (Wildman–Crippen MR) is 75.8 cm³/mol. The van der Waals surface area contributed by atoms with E-state index in [1.807, 2.05) is 0 Å². The highest BCUT2D eigenvalue weighted by atomic mass is 19.4. The van der Waals surface area contributed by atoms with E-state index in [-0.39, 0.29) is 25.2 Å². The molecule has 0 spiro atoms. The highest BCUT2D eigenvalue weighted by molar-refractivity contribution is 5.29. The van der Waals surface area contributed by atoms with Crippen molar-refractivity contribution in [3.63, 3.8) is 0 Å². The van der Waals surface area contributed by atoms with Gasteiger partial charge in [0.25, 0.3) is 5.92 Å². The Morgan fingerprint density at radius 3 is 2.08 bits per heavy atom. The van der Waals surface area contributed by atoms with E-state index in [1.54, 1.807) is 0 Å². The Hall–Kier alpha value is -1.40. The number of fused-ring (bicyclic) bond motifs is 3. The van der Waals surface area contributed by atoms with Gasteiger partial charge in [-0.1, -0.05) is 6.92 Å². The summed E-state index contributed by atoms with van der Waals surface area (Å²) in [5.74, 6) is -3.29. The standard InChI is InChI=1S/C17H18F6O/c1-14-6-8-15(9-7-14,13(18)16(14,19)20)10-24-12-4-2-11(3-5-12)17(21,22)23/h2-5,13H,6-10H2,1H3. The molecule has 1 aromatic rings. The highest BCUT2D eigenvalue weighted by Gasteiger charge is 2.70. The van der Waals surface area contributed by atoms with Crippen LogP contribution in [0.1, 0.15) is 38.2 Å². The van der Waals surface area contributed by atoms with Crippen molar-refractivity contribution < 1.29 is 31.1 Å². The molecule has 3 fully saturated rings. The Bertz CT molecular complexity index is 599. The molecule has 3 saturated carbocycles. The fourth-order valence-corrected chi connectivity index (χ4v) is 3.76. The molecule has 1 aromatic carbocycles. The van der Waals surface area contributed by atoms with Gasteiger partial charge in [-0.25, -0.2) is 13.2 Å². The van der Waals surface area contributed by atoms with Crippen LogP contribution in [-0.4, -0.2) is 18.7 Å². The van der Waals surface area contributed by atoms with E-state index in [9.17, 15) is 26.3 Å². The summed E-state index contributed by atoms with van der Waals surface area (Å²) in [4.78, 5) is 0. The van der Waals surface area contributed by atoms with Gasteiger partial charge in [0.15, 0.2) is 6.17 Å². The zero-order chi connectivity index (χ0) is 17.8.